The largest absolute Gasteiger partial charge is 0.394 e. The van der Waals surface area contributed by atoms with Gasteiger partial charge >= 0.3 is 0 Å². The molecule has 0 bridgehead atoms. The second-order valence-corrected chi connectivity index (χ2v) is 17.8. The molecule has 334 valence electrons. The van der Waals surface area contributed by atoms with Gasteiger partial charge in [-0.2, -0.15) is 0 Å². The van der Waals surface area contributed by atoms with Crippen molar-refractivity contribution < 1.29 is 20.1 Å². The van der Waals surface area contributed by atoms with E-state index in [9.17, 15) is 20.1 Å². The highest BCUT2D eigenvalue weighted by Crippen LogP contribution is 2.17. The van der Waals surface area contributed by atoms with E-state index < -0.39 is 18.2 Å². The molecule has 0 fully saturated rings. The van der Waals surface area contributed by atoms with E-state index in [4.69, 9.17) is 0 Å². The summed E-state index contributed by atoms with van der Waals surface area (Å²) in [7, 11) is 0. The van der Waals surface area contributed by atoms with Gasteiger partial charge in [-0.25, -0.2) is 0 Å². The summed E-state index contributed by atoms with van der Waals surface area (Å²) in [5.74, 6) is -0.282. The van der Waals surface area contributed by atoms with E-state index in [2.05, 4.69) is 31.3 Å². The molecule has 0 aromatic heterocycles. The van der Waals surface area contributed by atoms with Crippen LogP contribution in [0.15, 0.2) is 12.2 Å². The highest BCUT2D eigenvalue weighted by Gasteiger charge is 2.21. The summed E-state index contributed by atoms with van der Waals surface area (Å²) in [4.78, 5) is 12.5. The summed E-state index contributed by atoms with van der Waals surface area (Å²) in [5, 5.41) is 33.5. The number of carbonyl (C=O) groups is 1. The molecule has 3 unspecified atom stereocenters. The summed E-state index contributed by atoms with van der Waals surface area (Å²) in [6.07, 6.45) is 56.3. The number of aliphatic hydroxyl groups is 3. The van der Waals surface area contributed by atoms with Crippen LogP contribution in [0.25, 0.3) is 0 Å². The Hall–Kier alpha value is -0.910. The minimum atomic E-state index is -0.749. The molecule has 0 aromatic carbocycles. The van der Waals surface area contributed by atoms with Gasteiger partial charge in [-0.3, -0.25) is 4.79 Å². The molecule has 1 amide bonds. The molecule has 0 spiro atoms. The van der Waals surface area contributed by atoms with Crippen LogP contribution in [0.3, 0.4) is 0 Å². The lowest BCUT2D eigenvalue weighted by Crippen LogP contribution is -2.46. The van der Waals surface area contributed by atoms with Gasteiger partial charge in [-0.1, -0.05) is 251 Å². The average Bonchev–Trinajstić information content (AvgIpc) is 3.19. The number of aliphatic hydroxyl groups excluding tert-OH is 3. The summed E-state index contributed by atoms with van der Waals surface area (Å²) in [5.41, 5.74) is 0. The van der Waals surface area contributed by atoms with Crippen LogP contribution in [0, 0.1) is 0 Å². The lowest BCUT2D eigenvalue weighted by atomic mass is 10.0. The van der Waals surface area contributed by atoms with E-state index in [0.717, 1.165) is 25.7 Å². The van der Waals surface area contributed by atoms with Gasteiger partial charge in [0.05, 0.1) is 31.3 Å². The van der Waals surface area contributed by atoms with Crippen molar-refractivity contribution in [2.75, 3.05) is 6.61 Å². The van der Waals surface area contributed by atoms with Crippen LogP contribution in [0.1, 0.15) is 284 Å². The Balaban J connectivity index is 3.56. The normalized spacial score (nSPS) is 13.4. The lowest BCUT2D eigenvalue weighted by molar-refractivity contribution is -0.125. The first kappa shape index (κ1) is 55.1. The van der Waals surface area contributed by atoms with Gasteiger partial charge in [-0.15, -0.1) is 0 Å². The maximum Gasteiger partial charge on any atom is 0.222 e. The molecule has 0 saturated heterocycles. The van der Waals surface area contributed by atoms with Crippen LogP contribution < -0.4 is 5.32 Å². The fraction of sp³-hybridized carbons (Fsp3) is 0.941. The molecule has 5 nitrogen and oxygen atoms in total. The van der Waals surface area contributed by atoms with Crippen molar-refractivity contribution in [1.82, 2.24) is 5.32 Å². The molecule has 0 heterocycles. The predicted octanol–water partition coefficient (Wildman–Crippen LogP) is 15.2. The van der Waals surface area contributed by atoms with Crippen LogP contribution in [0.2, 0.25) is 0 Å². The number of carbonyl (C=O) groups excluding carboxylic acids is 1. The number of hydrogen-bond donors (Lipinski definition) is 4. The van der Waals surface area contributed by atoms with Gasteiger partial charge < -0.3 is 20.6 Å². The van der Waals surface area contributed by atoms with Crippen molar-refractivity contribution in [3.05, 3.63) is 12.2 Å². The summed E-state index contributed by atoms with van der Waals surface area (Å²) in [6, 6.07) is -0.658. The van der Waals surface area contributed by atoms with Crippen LogP contribution in [-0.4, -0.2) is 46.1 Å². The molecule has 0 rings (SSSR count). The Bertz CT molecular complexity index is 788. The van der Waals surface area contributed by atoms with Crippen molar-refractivity contribution in [3.8, 4) is 0 Å². The minimum Gasteiger partial charge on any atom is -0.394 e. The Labute approximate surface area is 350 Å². The van der Waals surface area contributed by atoms with Gasteiger partial charge in [0.25, 0.3) is 0 Å². The molecule has 0 aliphatic rings. The summed E-state index contributed by atoms with van der Waals surface area (Å²) >= 11 is 0. The third-order valence-electron chi connectivity index (χ3n) is 12.1. The van der Waals surface area contributed by atoms with E-state index >= 15 is 0 Å². The molecule has 56 heavy (non-hydrogen) atoms. The first-order valence-electron chi connectivity index (χ1n) is 25.5. The zero-order chi connectivity index (χ0) is 40.8. The van der Waals surface area contributed by atoms with Gasteiger partial charge in [0.1, 0.15) is 0 Å². The fourth-order valence-electron chi connectivity index (χ4n) is 8.17. The molecule has 0 aliphatic heterocycles. The van der Waals surface area contributed by atoms with Crippen LogP contribution in [0.4, 0.5) is 0 Å². The first-order valence-corrected chi connectivity index (χ1v) is 25.5. The predicted molar refractivity (Wildman–Crippen MR) is 245 cm³/mol. The maximum absolute atomic E-state index is 12.5. The Morgan fingerprint density at radius 2 is 0.714 bits per heavy atom. The van der Waals surface area contributed by atoms with Crippen molar-refractivity contribution in [1.29, 1.82) is 0 Å². The number of allylic oxidation sites excluding steroid dienone is 2. The zero-order valence-corrected chi connectivity index (χ0v) is 38.0. The first-order chi connectivity index (χ1) is 27.5. The Morgan fingerprint density at radius 3 is 1.04 bits per heavy atom. The Kier molecular flexibility index (Phi) is 46.0. The van der Waals surface area contributed by atoms with Crippen molar-refractivity contribution >= 4 is 5.91 Å². The Morgan fingerprint density at radius 1 is 0.429 bits per heavy atom. The van der Waals surface area contributed by atoms with Crippen molar-refractivity contribution in [2.45, 2.75) is 302 Å². The van der Waals surface area contributed by atoms with Crippen molar-refractivity contribution in [2.24, 2.45) is 0 Å². The van der Waals surface area contributed by atoms with E-state index in [-0.39, 0.29) is 18.9 Å². The third kappa shape index (κ3) is 42.7. The fourth-order valence-corrected chi connectivity index (χ4v) is 8.17. The van der Waals surface area contributed by atoms with E-state index in [0.29, 0.717) is 12.8 Å². The highest BCUT2D eigenvalue weighted by molar-refractivity contribution is 5.76. The monoisotopic (exact) mass is 792 g/mol. The number of amides is 1. The molecule has 0 aromatic rings. The van der Waals surface area contributed by atoms with E-state index in [1.54, 1.807) is 0 Å². The molecule has 3 atom stereocenters. The number of unbranched alkanes of at least 4 members (excludes halogenated alkanes) is 36. The summed E-state index contributed by atoms with van der Waals surface area (Å²) < 4.78 is 0. The molecule has 4 N–H and O–H groups in total. The van der Waals surface area contributed by atoms with E-state index in [1.807, 2.05) is 0 Å². The van der Waals surface area contributed by atoms with Gasteiger partial charge in [0.15, 0.2) is 0 Å². The highest BCUT2D eigenvalue weighted by atomic mass is 16.3. The topological polar surface area (TPSA) is 89.8 Å². The molecular formula is C51H101NO4. The minimum absolute atomic E-state index is 0.0358. The van der Waals surface area contributed by atoms with Gasteiger partial charge in [0.2, 0.25) is 5.91 Å². The molecule has 0 saturated carbocycles. The molecule has 5 heteroatoms. The quantitative estimate of drug-likeness (QED) is 0.0365. The van der Waals surface area contributed by atoms with Gasteiger partial charge in [0, 0.05) is 0 Å². The number of rotatable bonds is 47. The van der Waals surface area contributed by atoms with Crippen LogP contribution in [0.5, 0.6) is 0 Å². The lowest BCUT2D eigenvalue weighted by Gasteiger charge is -2.23. The van der Waals surface area contributed by atoms with Crippen LogP contribution >= 0.6 is 0 Å². The maximum atomic E-state index is 12.5. The second-order valence-electron chi connectivity index (χ2n) is 17.8. The van der Waals surface area contributed by atoms with Gasteiger partial charge in [-0.05, 0) is 38.5 Å². The molecule has 0 aliphatic carbocycles. The second kappa shape index (κ2) is 46.8. The van der Waals surface area contributed by atoms with Crippen LogP contribution in [-0.2, 0) is 4.79 Å². The van der Waals surface area contributed by atoms with Crippen molar-refractivity contribution in [3.63, 3.8) is 0 Å². The number of hydrogen-bond acceptors (Lipinski definition) is 4. The standard InChI is InChI=1S/C51H101NO4/c1-3-5-7-9-11-13-15-17-19-21-23-24-25-27-28-30-32-34-36-38-40-42-44-48(54)46-51(56)52-49(47-53)50(55)45-43-41-39-37-35-33-31-29-26-22-20-18-16-14-12-10-8-6-4-2/h27-28,48-50,53-55H,3-26,29-47H2,1-2H3,(H,52,56)/b28-27-. The molecular weight excluding hydrogens is 691 g/mol. The zero-order valence-electron chi connectivity index (χ0n) is 38.0. The number of nitrogens with one attached hydrogen (secondary N) is 1. The summed E-state index contributed by atoms with van der Waals surface area (Å²) in [6.45, 7) is 4.29. The SMILES string of the molecule is CCCCCCCCCCCCCC/C=C\CCCCCCCCC(O)CC(=O)NC(CO)C(O)CCCCCCCCCCCCCCCCCCCCC. The third-order valence-corrected chi connectivity index (χ3v) is 12.1. The average molecular weight is 792 g/mol. The molecule has 0 radical (unpaired) electrons. The smallest absolute Gasteiger partial charge is 0.222 e. The van der Waals surface area contributed by atoms with E-state index in [1.165, 1.54) is 225 Å².